The molecule has 0 bridgehead atoms. The molecule has 0 radical (unpaired) electrons. The van der Waals surface area contributed by atoms with Gasteiger partial charge in [0.25, 0.3) is 0 Å². The highest BCUT2D eigenvalue weighted by atomic mass is 32.2. The maximum absolute atomic E-state index is 12.2. The third-order valence-electron chi connectivity index (χ3n) is 3.35. The van der Waals surface area contributed by atoms with E-state index in [1.54, 1.807) is 13.2 Å². The van der Waals surface area contributed by atoms with Crippen LogP contribution in [0.4, 0.5) is 5.69 Å². The van der Waals surface area contributed by atoms with E-state index in [1.165, 1.54) is 24.6 Å². The van der Waals surface area contributed by atoms with E-state index in [9.17, 15) is 4.79 Å². The molecule has 0 saturated carbocycles. The van der Waals surface area contributed by atoms with Gasteiger partial charge in [-0.1, -0.05) is 30.0 Å². The standard InChI is InChI=1S/C15H20N2O2S2/c1-11(21-15(20)17-8-3-4-9-17)14(18)16-12-6-5-7-13(10-12)19-2/h5-7,10-11H,3-4,8-9H2,1-2H3,(H,16,18)/t11-/m1/s1. The van der Waals surface area contributed by atoms with E-state index >= 15 is 0 Å². The summed E-state index contributed by atoms with van der Waals surface area (Å²) >= 11 is 6.85. The van der Waals surface area contributed by atoms with E-state index < -0.39 is 0 Å². The molecular weight excluding hydrogens is 304 g/mol. The summed E-state index contributed by atoms with van der Waals surface area (Å²) in [6, 6.07) is 7.34. The Morgan fingerprint density at radius 2 is 2.14 bits per heavy atom. The Kier molecular flexibility index (Phi) is 5.87. The van der Waals surface area contributed by atoms with Crippen molar-refractivity contribution in [1.29, 1.82) is 0 Å². The number of carbonyl (C=O) groups excluding carboxylic acids is 1. The van der Waals surface area contributed by atoms with Gasteiger partial charge in [-0.3, -0.25) is 4.79 Å². The minimum atomic E-state index is -0.218. The number of thiocarbonyl (C=S) groups is 1. The molecule has 1 aromatic carbocycles. The van der Waals surface area contributed by atoms with Crippen LogP contribution in [-0.2, 0) is 4.79 Å². The third-order valence-corrected chi connectivity index (χ3v) is 4.92. The molecule has 0 spiro atoms. The van der Waals surface area contributed by atoms with Crippen LogP contribution in [0.1, 0.15) is 19.8 Å². The Morgan fingerprint density at radius 1 is 1.43 bits per heavy atom. The number of ether oxygens (including phenoxy) is 1. The van der Waals surface area contributed by atoms with Gasteiger partial charge in [0.2, 0.25) is 5.91 Å². The van der Waals surface area contributed by atoms with Crippen LogP contribution in [0.3, 0.4) is 0 Å². The average Bonchev–Trinajstić information content (AvgIpc) is 3.01. The molecule has 0 aliphatic carbocycles. The molecule has 21 heavy (non-hydrogen) atoms. The Morgan fingerprint density at radius 3 is 2.81 bits per heavy atom. The van der Waals surface area contributed by atoms with Crippen LogP contribution in [0.15, 0.2) is 24.3 Å². The van der Waals surface area contributed by atoms with Gasteiger partial charge in [-0.15, -0.1) is 0 Å². The van der Waals surface area contributed by atoms with Crippen molar-refractivity contribution in [2.45, 2.75) is 25.0 Å². The molecule has 4 nitrogen and oxygen atoms in total. The summed E-state index contributed by atoms with van der Waals surface area (Å²) in [4.78, 5) is 14.4. The first-order valence-corrected chi connectivity index (χ1v) is 8.29. The first-order valence-electron chi connectivity index (χ1n) is 7.00. The van der Waals surface area contributed by atoms with Gasteiger partial charge in [0.1, 0.15) is 10.1 Å². The molecule has 1 saturated heterocycles. The minimum absolute atomic E-state index is 0.0465. The lowest BCUT2D eigenvalue weighted by atomic mass is 10.3. The van der Waals surface area contributed by atoms with E-state index in [0.29, 0.717) is 0 Å². The van der Waals surface area contributed by atoms with Gasteiger partial charge in [0, 0.05) is 24.8 Å². The van der Waals surface area contributed by atoms with Gasteiger partial charge in [-0.05, 0) is 31.9 Å². The first-order chi connectivity index (χ1) is 10.1. The largest absolute Gasteiger partial charge is 0.497 e. The van der Waals surface area contributed by atoms with E-state index in [0.717, 1.165) is 28.8 Å². The highest BCUT2D eigenvalue weighted by Gasteiger charge is 2.21. The topological polar surface area (TPSA) is 41.6 Å². The predicted molar refractivity (Wildman–Crippen MR) is 92.1 cm³/mol. The highest BCUT2D eigenvalue weighted by molar-refractivity contribution is 8.23. The lowest BCUT2D eigenvalue weighted by Gasteiger charge is -2.20. The molecule has 0 unspecified atom stereocenters. The summed E-state index contributed by atoms with van der Waals surface area (Å²) in [5.41, 5.74) is 0.735. The zero-order valence-corrected chi connectivity index (χ0v) is 13.9. The monoisotopic (exact) mass is 324 g/mol. The number of hydrogen-bond donors (Lipinski definition) is 1. The number of thioether (sulfide) groups is 1. The number of hydrogen-bond acceptors (Lipinski definition) is 4. The number of nitrogens with one attached hydrogen (secondary N) is 1. The molecule has 1 aliphatic rings. The van der Waals surface area contributed by atoms with Crippen molar-refractivity contribution >= 4 is 39.9 Å². The smallest absolute Gasteiger partial charge is 0.237 e. The molecule has 1 aliphatic heterocycles. The van der Waals surface area contributed by atoms with Crippen LogP contribution in [0.5, 0.6) is 5.75 Å². The fraction of sp³-hybridized carbons (Fsp3) is 0.467. The van der Waals surface area contributed by atoms with Crippen LogP contribution >= 0.6 is 24.0 Å². The number of likely N-dealkylation sites (tertiary alicyclic amines) is 1. The second kappa shape index (κ2) is 7.66. The SMILES string of the molecule is COc1cccc(NC(=O)[C@@H](C)SC(=S)N2CCCC2)c1. The maximum Gasteiger partial charge on any atom is 0.237 e. The Hall–Kier alpha value is -1.27. The molecule has 2 rings (SSSR count). The van der Waals surface area contributed by atoms with Crippen molar-refractivity contribution in [2.75, 3.05) is 25.5 Å². The fourth-order valence-corrected chi connectivity index (χ4v) is 3.54. The number of carbonyl (C=O) groups is 1. The normalized spacial score (nSPS) is 15.6. The first kappa shape index (κ1) is 16.1. The summed E-state index contributed by atoms with van der Waals surface area (Å²) in [5.74, 6) is 0.676. The van der Waals surface area contributed by atoms with Gasteiger partial charge in [0.05, 0.1) is 12.4 Å². The second-order valence-corrected chi connectivity index (χ2v) is 6.92. The summed E-state index contributed by atoms with van der Waals surface area (Å²) in [5, 5.41) is 2.68. The van der Waals surface area contributed by atoms with Crippen LogP contribution in [0.25, 0.3) is 0 Å². The number of amides is 1. The maximum atomic E-state index is 12.2. The number of anilines is 1. The fourth-order valence-electron chi connectivity index (χ4n) is 2.12. The Bertz CT molecular complexity index is 516. The quantitative estimate of drug-likeness (QED) is 0.862. The van der Waals surface area contributed by atoms with E-state index in [-0.39, 0.29) is 11.2 Å². The van der Waals surface area contributed by atoms with Gasteiger partial charge < -0.3 is 15.0 Å². The van der Waals surface area contributed by atoms with E-state index in [1.807, 2.05) is 25.1 Å². The number of benzene rings is 1. The van der Waals surface area contributed by atoms with Crippen LogP contribution in [0.2, 0.25) is 0 Å². The van der Waals surface area contributed by atoms with E-state index in [4.69, 9.17) is 17.0 Å². The molecule has 6 heteroatoms. The van der Waals surface area contributed by atoms with Crippen molar-refractivity contribution in [3.8, 4) is 5.75 Å². The number of rotatable bonds is 4. The van der Waals surface area contributed by atoms with E-state index in [2.05, 4.69) is 10.2 Å². The van der Waals surface area contributed by atoms with Crippen LogP contribution in [-0.4, -0.2) is 40.6 Å². The predicted octanol–water partition coefficient (Wildman–Crippen LogP) is 3.14. The zero-order valence-electron chi connectivity index (χ0n) is 12.3. The highest BCUT2D eigenvalue weighted by Crippen LogP contribution is 2.22. The molecule has 1 N–H and O–H groups in total. The van der Waals surface area contributed by atoms with Crippen LogP contribution < -0.4 is 10.1 Å². The van der Waals surface area contributed by atoms with Crippen molar-refractivity contribution in [2.24, 2.45) is 0 Å². The number of nitrogens with zero attached hydrogens (tertiary/aromatic N) is 1. The van der Waals surface area contributed by atoms with Crippen molar-refractivity contribution in [3.05, 3.63) is 24.3 Å². The average molecular weight is 324 g/mol. The summed E-state index contributed by atoms with van der Waals surface area (Å²) in [6.45, 7) is 3.90. The van der Waals surface area contributed by atoms with Gasteiger partial charge in [0.15, 0.2) is 0 Å². The van der Waals surface area contributed by atoms with Gasteiger partial charge in [-0.25, -0.2) is 0 Å². The minimum Gasteiger partial charge on any atom is -0.497 e. The third kappa shape index (κ3) is 4.61. The summed E-state index contributed by atoms with van der Waals surface area (Å²) < 4.78 is 5.97. The second-order valence-electron chi connectivity index (χ2n) is 4.94. The van der Waals surface area contributed by atoms with Gasteiger partial charge >= 0.3 is 0 Å². The lowest BCUT2D eigenvalue weighted by molar-refractivity contribution is -0.115. The number of methoxy groups -OCH3 is 1. The molecule has 1 aromatic rings. The van der Waals surface area contributed by atoms with Crippen molar-refractivity contribution in [3.63, 3.8) is 0 Å². The zero-order chi connectivity index (χ0) is 15.2. The van der Waals surface area contributed by atoms with Crippen molar-refractivity contribution < 1.29 is 9.53 Å². The molecule has 0 aromatic heterocycles. The molecule has 114 valence electrons. The summed E-state index contributed by atoms with van der Waals surface area (Å²) in [6.07, 6.45) is 2.37. The van der Waals surface area contributed by atoms with Gasteiger partial charge in [-0.2, -0.15) is 0 Å². The molecule has 1 heterocycles. The Labute approximate surface area is 135 Å². The lowest BCUT2D eigenvalue weighted by Crippen LogP contribution is -2.29. The Balaban J connectivity index is 1.88. The van der Waals surface area contributed by atoms with Crippen LogP contribution in [0, 0.1) is 0 Å². The molecular formula is C15H20N2O2S2. The van der Waals surface area contributed by atoms with Crippen molar-refractivity contribution in [1.82, 2.24) is 4.90 Å². The molecule has 1 atom stereocenters. The summed E-state index contributed by atoms with van der Waals surface area (Å²) in [7, 11) is 1.61. The molecule has 1 fully saturated rings. The molecule has 1 amide bonds.